The molecule has 0 aliphatic rings. The van der Waals surface area contributed by atoms with E-state index in [1.807, 2.05) is 30.5 Å². The molecule has 23 heavy (non-hydrogen) atoms. The highest BCUT2D eigenvalue weighted by molar-refractivity contribution is 6.31. The first-order chi connectivity index (χ1) is 10.9. The van der Waals surface area contributed by atoms with Crippen molar-refractivity contribution in [2.24, 2.45) is 0 Å². The molecule has 0 atom stereocenters. The quantitative estimate of drug-likeness (QED) is 0.191. The van der Waals surface area contributed by atoms with E-state index in [0.717, 1.165) is 13.0 Å². The SMILES string of the molecule is C=C(NCCCN(C)C)/C(C#N)=[N+](/O)c1cc(Cl)ccc1NO. The predicted octanol–water partition coefficient (Wildman–Crippen LogP) is 2.19. The second kappa shape index (κ2) is 9.00. The van der Waals surface area contributed by atoms with Crippen LogP contribution in [0.25, 0.3) is 0 Å². The molecule has 0 bridgehead atoms. The fourth-order valence-corrected chi connectivity index (χ4v) is 2.02. The standard InChI is InChI=1S/C15H21ClN5O2/c1-11(18-7-4-8-20(2)3)15(10-17)21(23)14-9-12(16)5-6-13(14)19-22/h5-6,9,18-19,22-23H,1,4,7-8H2,2-3H3/q+1/b21-15+. The van der Waals surface area contributed by atoms with Crippen molar-refractivity contribution >= 4 is 28.7 Å². The predicted molar refractivity (Wildman–Crippen MR) is 89.5 cm³/mol. The van der Waals surface area contributed by atoms with Crippen LogP contribution in [-0.2, 0) is 0 Å². The number of benzene rings is 1. The van der Waals surface area contributed by atoms with Crippen LogP contribution < -0.4 is 10.8 Å². The van der Waals surface area contributed by atoms with Gasteiger partial charge in [-0.3, -0.25) is 15.9 Å². The summed E-state index contributed by atoms with van der Waals surface area (Å²) in [5, 5.41) is 32.0. The van der Waals surface area contributed by atoms with Crippen molar-refractivity contribution in [3.05, 3.63) is 35.5 Å². The number of nitrogens with one attached hydrogen (secondary N) is 2. The van der Waals surface area contributed by atoms with Crippen LogP contribution in [0, 0.1) is 11.3 Å². The molecular formula is C15H21ClN5O2+. The Hall–Kier alpha value is -2.27. The van der Waals surface area contributed by atoms with Crippen LogP contribution in [0.2, 0.25) is 5.02 Å². The third-order valence-corrected chi connectivity index (χ3v) is 3.27. The fraction of sp³-hybridized carbons (Fsp3) is 0.333. The van der Waals surface area contributed by atoms with Gasteiger partial charge < -0.3 is 10.2 Å². The van der Waals surface area contributed by atoms with Crippen molar-refractivity contribution in [1.82, 2.24) is 10.2 Å². The molecule has 0 unspecified atom stereocenters. The van der Waals surface area contributed by atoms with Gasteiger partial charge in [0.15, 0.2) is 6.07 Å². The number of hydrogen-bond acceptors (Lipinski definition) is 6. The number of hydrogen-bond donors (Lipinski definition) is 4. The van der Waals surface area contributed by atoms with Gasteiger partial charge in [-0.05, 0) is 39.2 Å². The van der Waals surface area contributed by atoms with Gasteiger partial charge >= 0.3 is 5.71 Å². The largest absolute Gasteiger partial charge is 0.379 e. The molecule has 0 heterocycles. The summed E-state index contributed by atoms with van der Waals surface area (Å²) in [6.45, 7) is 5.26. The monoisotopic (exact) mass is 338 g/mol. The van der Waals surface area contributed by atoms with Crippen LogP contribution in [0.5, 0.6) is 0 Å². The number of anilines is 1. The molecule has 0 aromatic heterocycles. The van der Waals surface area contributed by atoms with Crippen LogP contribution in [0.3, 0.4) is 0 Å². The van der Waals surface area contributed by atoms with Crippen molar-refractivity contribution in [3.8, 4) is 6.07 Å². The number of halogens is 1. The molecule has 0 radical (unpaired) electrons. The zero-order chi connectivity index (χ0) is 17.4. The lowest BCUT2D eigenvalue weighted by Gasteiger charge is -2.10. The van der Waals surface area contributed by atoms with Gasteiger partial charge in [0, 0.05) is 22.4 Å². The maximum Gasteiger partial charge on any atom is 0.356 e. The second-order valence-corrected chi connectivity index (χ2v) is 5.54. The molecule has 1 aromatic carbocycles. The molecular weight excluding hydrogens is 318 g/mol. The Labute approximate surface area is 140 Å². The molecule has 1 aromatic rings. The van der Waals surface area contributed by atoms with Gasteiger partial charge in [-0.15, -0.1) is 0 Å². The van der Waals surface area contributed by atoms with Gasteiger partial charge in [0.25, 0.3) is 5.69 Å². The average molecular weight is 339 g/mol. The lowest BCUT2D eigenvalue weighted by molar-refractivity contribution is -0.711. The third-order valence-electron chi connectivity index (χ3n) is 3.03. The second-order valence-electron chi connectivity index (χ2n) is 5.11. The zero-order valence-electron chi connectivity index (χ0n) is 13.2. The highest BCUT2D eigenvalue weighted by Crippen LogP contribution is 2.27. The molecule has 0 saturated carbocycles. The van der Waals surface area contributed by atoms with E-state index in [-0.39, 0.29) is 22.8 Å². The van der Waals surface area contributed by atoms with Gasteiger partial charge in [0.1, 0.15) is 11.4 Å². The van der Waals surface area contributed by atoms with Crippen molar-refractivity contribution in [3.63, 3.8) is 0 Å². The summed E-state index contributed by atoms with van der Waals surface area (Å²) < 4.78 is 0.631. The molecule has 0 amide bonds. The molecule has 0 aliphatic carbocycles. The van der Waals surface area contributed by atoms with Crippen molar-refractivity contribution in [2.45, 2.75) is 6.42 Å². The summed E-state index contributed by atoms with van der Waals surface area (Å²) in [6.07, 6.45) is 0.858. The Kier molecular flexibility index (Phi) is 7.35. The molecule has 0 aliphatic heterocycles. The maximum absolute atomic E-state index is 10.3. The molecule has 4 N–H and O–H groups in total. The van der Waals surface area contributed by atoms with Gasteiger partial charge in [-0.2, -0.15) is 5.26 Å². The molecule has 0 spiro atoms. The molecule has 7 nitrogen and oxygen atoms in total. The Morgan fingerprint density at radius 3 is 2.74 bits per heavy atom. The molecule has 8 heteroatoms. The summed E-state index contributed by atoms with van der Waals surface area (Å²) in [6, 6.07) is 6.32. The van der Waals surface area contributed by atoms with Crippen molar-refractivity contribution in [2.75, 3.05) is 32.7 Å². The van der Waals surface area contributed by atoms with Gasteiger partial charge in [0.2, 0.25) is 0 Å². The van der Waals surface area contributed by atoms with Crippen LogP contribution >= 0.6 is 11.6 Å². The van der Waals surface area contributed by atoms with Gasteiger partial charge in [-0.1, -0.05) is 18.2 Å². The van der Waals surface area contributed by atoms with E-state index >= 15 is 0 Å². The number of rotatable bonds is 8. The normalized spacial score (nSPS) is 11.7. The Morgan fingerprint density at radius 2 is 2.17 bits per heavy atom. The van der Waals surface area contributed by atoms with E-state index in [1.165, 1.54) is 18.2 Å². The Balaban J connectivity index is 2.98. The fourth-order valence-electron chi connectivity index (χ4n) is 1.86. The van der Waals surface area contributed by atoms with Crippen molar-refractivity contribution < 1.29 is 15.2 Å². The number of allylic oxidation sites excluding steroid dienone is 1. The number of nitriles is 1. The third kappa shape index (κ3) is 5.45. The highest BCUT2D eigenvalue weighted by Gasteiger charge is 2.24. The highest BCUT2D eigenvalue weighted by atomic mass is 35.5. The lowest BCUT2D eigenvalue weighted by Crippen LogP contribution is -2.27. The maximum atomic E-state index is 10.3. The first-order valence-electron chi connectivity index (χ1n) is 6.94. The average Bonchev–Trinajstić information content (AvgIpc) is 2.51. The Morgan fingerprint density at radius 1 is 1.48 bits per heavy atom. The van der Waals surface area contributed by atoms with E-state index in [4.69, 9.17) is 16.8 Å². The molecule has 1 rings (SSSR count). The van der Waals surface area contributed by atoms with E-state index in [9.17, 15) is 10.5 Å². The summed E-state index contributed by atoms with van der Waals surface area (Å²) in [5.74, 6) is 0. The van der Waals surface area contributed by atoms with E-state index in [2.05, 4.69) is 11.9 Å². The van der Waals surface area contributed by atoms with E-state index in [0.29, 0.717) is 16.3 Å². The summed E-state index contributed by atoms with van der Waals surface area (Å²) in [5.41, 5.74) is 2.47. The van der Waals surface area contributed by atoms with Crippen LogP contribution in [0.4, 0.5) is 11.4 Å². The van der Waals surface area contributed by atoms with E-state index < -0.39 is 0 Å². The summed E-state index contributed by atoms with van der Waals surface area (Å²) in [7, 11) is 3.94. The lowest BCUT2D eigenvalue weighted by atomic mass is 10.2. The minimum absolute atomic E-state index is 0.0892. The van der Waals surface area contributed by atoms with E-state index in [1.54, 1.807) is 0 Å². The zero-order valence-corrected chi connectivity index (χ0v) is 13.9. The van der Waals surface area contributed by atoms with Crippen LogP contribution in [0.1, 0.15) is 6.42 Å². The van der Waals surface area contributed by atoms with Gasteiger partial charge in [-0.25, -0.2) is 0 Å². The van der Waals surface area contributed by atoms with Crippen LogP contribution in [-0.4, -0.2) is 52.9 Å². The number of nitrogens with zero attached hydrogens (tertiary/aromatic N) is 3. The Bertz CT molecular complexity index is 637. The first-order valence-corrected chi connectivity index (χ1v) is 7.32. The minimum atomic E-state index is -0.0892. The van der Waals surface area contributed by atoms with Gasteiger partial charge in [0.05, 0.1) is 0 Å². The smallest absolute Gasteiger partial charge is 0.356 e. The van der Waals surface area contributed by atoms with Crippen LogP contribution in [0.15, 0.2) is 30.5 Å². The summed E-state index contributed by atoms with van der Waals surface area (Å²) in [4.78, 5) is 2.04. The molecule has 124 valence electrons. The molecule has 0 saturated heterocycles. The summed E-state index contributed by atoms with van der Waals surface area (Å²) >= 11 is 5.90. The topological polar surface area (TPSA) is 94.6 Å². The minimum Gasteiger partial charge on any atom is -0.379 e. The first kappa shape index (κ1) is 18.8. The molecule has 0 fully saturated rings. The van der Waals surface area contributed by atoms with Crippen molar-refractivity contribution in [1.29, 1.82) is 5.26 Å².